The van der Waals surface area contributed by atoms with Gasteiger partial charge in [-0.15, -0.1) is 0 Å². The third-order valence-corrected chi connectivity index (χ3v) is 8.02. The number of carbonyl (C=O) groups is 2. The summed E-state index contributed by atoms with van der Waals surface area (Å²) in [4.78, 5) is 44.8. The van der Waals surface area contributed by atoms with Crippen LogP contribution in [0.1, 0.15) is 47.8 Å². The first-order valence-corrected chi connectivity index (χ1v) is 13.7. The number of aliphatic hydroxyl groups is 1. The van der Waals surface area contributed by atoms with Crippen molar-refractivity contribution < 1.29 is 19.5 Å². The molecule has 5 rings (SSSR count). The van der Waals surface area contributed by atoms with Gasteiger partial charge in [-0.25, -0.2) is 9.97 Å². The first kappa shape index (κ1) is 27.0. The SMILES string of the molecule is CO/N=C(/C)C(=O)N1CCC(Nc2cc(C(=O)N3CC[C@@H](N4CCc5ccccc5C4)[C@H](O)C3)ncn2)CC1. The summed E-state index contributed by atoms with van der Waals surface area (Å²) >= 11 is 0. The number of β-amino-alcohol motifs (C(OH)–C–C–N with tert-alkyl or cyclic N) is 1. The van der Waals surface area contributed by atoms with Gasteiger partial charge >= 0.3 is 0 Å². The quantitative estimate of drug-likeness (QED) is 0.422. The third kappa shape index (κ3) is 6.20. The van der Waals surface area contributed by atoms with E-state index in [4.69, 9.17) is 4.84 Å². The Kier molecular flexibility index (Phi) is 8.37. The molecule has 2 aromatic rings. The number of benzene rings is 1. The Morgan fingerprint density at radius 2 is 1.79 bits per heavy atom. The molecule has 1 aromatic carbocycles. The second-order valence-electron chi connectivity index (χ2n) is 10.5. The average molecular weight is 536 g/mol. The Morgan fingerprint density at radius 1 is 1.05 bits per heavy atom. The smallest absolute Gasteiger partial charge is 0.272 e. The Hall–Kier alpha value is -3.57. The fourth-order valence-electron chi connectivity index (χ4n) is 5.89. The number of amides is 2. The number of fused-ring (bicyclic) bond motifs is 1. The van der Waals surface area contributed by atoms with Gasteiger partial charge in [0.1, 0.15) is 30.7 Å². The van der Waals surface area contributed by atoms with Crippen molar-refractivity contribution in [1.29, 1.82) is 0 Å². The number of nitrogens with zero attached hydrogens (tertiary/aromatic N) is 6. The second kappa shape index (κ2) is 12.1. The molecular formula is C28H37N7O4. The van der Waals surface area contributed by atoms with E-state index in [-0.39, 0.29) is 30.4 Å². The number of anilines is 1. The lowest BCUT2D eigenvalue weighted by atomic mass is 9.94. The topological polar surface area (TPSA) is 123 Å². The number of nitrogens with one attached hydrogen (secondary N) is 1. The van der Waals surface area contributed by atoms with E-state index in [1.165, 1.54) is 24.6 Å². The fourth-order valence-corrected chi connectivity index (χ4v) is 5.89. The van der Waals surface area contributed by atoms with Crippen LogP contribution in [0.25, 0.3) is 0 Å². The molecule has 1 aromatic heterocycles. The Balaban J connectivity index is 1.14. The molecule has 39 heavy (non-hydrogen) atoms. The van der Waals surface area contributed by atoms with Crippen molar-refractivity contribution in [3.05, 3.63) is 53.5 Å². The van der Waals surface area contributed by atoms with Crippen LogP contribution in [0.5, 0.6) is 0 Å². The number of hydrogen-bond acceptors (Lipinski definition) is 9. The summed E-state index contributed by atoms with van der Waals surface area (Å²) in [6.45, 7) is 5.44. The van der Waals surface area contributed by atoms with Gasteiger partial charge in [-0.1, -0.05) is 29.4 Å². The average Bonchev–Trinajstić information content (AvgIpc) is 2.97. The molecule has 3 aliphatic rings. The molecule has 4 heterocycles. The number of hydrogen-bond donors (Lipinski definition) is 2. The number of piperidine rings is 2. The summed E-state index contributed by atoms with van der Waals surface area (Å²) in [5.41, 5.74) is 3.35. The number of rotatable bonds is 6. The highest BCUT2D eigenvalue weighted by Gasteiger charge is 2.36. The number of carbonyl (C=O) groups excluding carboxylic acids is 2. The largest absolute Gasteiger partial charge is 0.399 e. The summed E-state index contributed by atoms with van der Waals surface area (Å²) in [6, 6.07) is 10.3. The van der Waals surface area contributed by atoms with Crippen molar-refractivity contribution in [3.8, 4) is 0 Å². The van der Waals surface area contributed by atoms with E-state index in [2.05, 4.69) is 49.6 Å². The lowest BCUT2D eigenvalue weighted by molar-refractivity contribution is -0.125. The number of aliphatic hydroxyl groups excluding tert-OH is 1. The normalized spacial score (nSPS) is 22.8. The van der Waals surface area contributed by atoms with Crippen molar-refractivity contribution in [3.63, 3.8) is 0 Å². The predicted octanol–water partition coefficient (Wildman–Crippen LogP) is 1.54. The zero-order valence-electron chi connectivity index (χ0n) is 22.6. The van der Waals surface area contributed by atoms with Crippen LogP contribution in [0.3, 0.4) is 0 Å². The molecule has 0 bridgehead atoms. The fraction of sp³-hybridized carbons (Fsp3) is 0.536. The molecule has 11 nitrogen and oxygen atoms in total. The molecule has 0 saturated carbocycles. The van der Waals surface area contributed by atoms with Gasteiger partial charge in [0, 0.05) is 57.4 Å². The molecule has 2 amide bonds. The molecule has 2 N–H and O–H groups in total. The van der Waals surface area contributed by atoms with E-state index in [1.807, 2.05) is 0 Å². The minimum absolute atomic E-state index is 0.0346. The second-order valence-corrected chi connectivity index (χ2v) is 10.5. The van der Waals surface area contributed by atoms with Gasteiger partial charge in [0.25, 0.3) is 11.8 Å². The van der Waals surface area contributed by atoms with Crippen LogP contribution in [0, 0.1) is 0 Å². The van der Waals surface area contributed by atoms with Crippen LogP contribution in [0.4, 0.5) is 5.82 Å². The maximum atomic E-state index is 13.3. The van der Waals surface area contributed by atoms with Crippen LogP contribution in [0.15, 0.2) is 41.8 Å². The lowest BCUT2D eigenvalue weighted by Gasteiger charge is -2.43. The van der Waals surface area contributed by atoms with E-state index in [1.54, 1.807) is 22.8 Å². The van der Waals surface area contributed by atoms with Gasteiger partial charge in [0.05, 0.1) is 6.10 Å². The van der Waals surface area contributed by atoms with Crippen molar-refractivity contribution in [2.24, 2.45) is 5.16 Å². The first-order valence-electron chi connectivity index (χ1n) is 13.7. The van der Waals surface area contributed by atoms with E-state index in [9.17, 15) is 14.7 Å². The zero-order valence-corrected chi connectivity index (χ0v) is 22.6. The molecule has 3 aliphatic heterocycles. The van der Waals surface area contributed by atoms with E-state index in [0.29, 0.717) is 36.9 Å². The highest BCUT2D eigenvalue weighted by molar-refractivity contribution is 6.37. The zero-order chi connectivity index (χ0) is 27.4. The molecular weight excluding hydrogens is 498 g/mol. The van der Waals surface area contributed by atoms with Crippen LogP contribution < -0.4 is 5.32 Å². The summed E-state index contributed by atoms with van der Waals surface area (Å²) in [5.74, 6) is 0.259. The molecule has 0 aliphatic carbocycles. The van der Waals surface area contributed by atoms with Gasteiger partial charge in [0.15, 0.2) is 0 Å². The summed E-state index contributed by atoms with van der Waals surface area (Å²) in [5, 5.41) is 18.1. The maximum absolute atomic E-state index is 13.3. The highest BCUT2D eigenvalue weighted by Crippen LogP contribution is 2.26. The Labute approximate surface area is 228 Å². The van der Waals surface area contributed by atoms with Gasteiger partial charge in [-0.05, 0) is 43.7 Å². The van der Waals surface area contributed by atoms with Crippen molar-refractivity contribution >= 4 is 23.3 Å². The highest BCUT2D eigenvalue weighted by atomic mass is 16.6. The molecule has 2 fully saturated rings. The predicted molar refractivity (Wildman–Crippen MR) is 146 cm³/mol. The van der Waals surface area contributed by atoms with Crippen LogP contribution in [-0.4, -0.2) is 105 Å². The minimum Gasteiger partial charge on any atom is -0.399 e. The number of aromatic nitrogens is 2. The number of oxime groups is 1. The molecule has 0 radical (unpaired) electrons. The van der Waals surface area contributed by atoms with Crippen LogP contribution in [0.2, 0.25) is 0 Å². The van der Waals surface area contributed by atoms with Crippen LogP contribution in [-0.2, 0) is 22.6 Å². The van der Waals surface area contributed by atoms with Gasteiger partial charge in [0.2, 0.25) is 0 Å². The van der Waals surface area contributed by atoms with E-state index >= 15 is 0 Å². The van der Waals surface area contributed by atoms with Gasteiger partial charge < -0.3 is 25.1 Å². The Morgan fingerprint density at radius 3 is 2.54 bits per heavy atom. The lowest BCUT2D eigenvalue weighted by Crippen LogP contribution is -2.56. The standard InChI is InChI=1S/C28H37N7O4/c1-19(32-39-2)27(37)33-12-8-22(9-13-33)31-26-15-23(29-18-30-26)28(38)35-14-10-24(25(36)17-35)34-11-7-20-5-3-4-6-21(20)16-34/h3-6,15,18,22,24-25,36H,7-14,16-17H2,1-2H3,(H,29,30,31)/b32-19-/t24-,25-/m1/s1. The molecule has 11 heteroatoms. The number of likely N-dealkylation sites (tertiary alicyclic amines) is 2. The van der Waals surface area contributed by atoms with Gasteiger partial charge in [-0.3, -0.25) is 14.5 Å². The van der Waals surface area contributed by atoms with Crippen molar-refractivity contribution in [1.82, 2.24) is 24.7 Å². The van der Waals surface area contributed by atoms with Crippen LogP contribution >= 0.6 is 0 Å². The summed E-state index contributed by atoms with van der Waals surface area (Å²) in [6.07, 6.45) is 3.98. The Bertz CT molecular complexity index is 1210. The first-order chi connectivity index (χ1) is 18.9. The van der Waals surface area contributed by atoms with Gasteiger partial charge in [-0.2, -0.15) is 0 Å². The molecule has 0 unspecified atom stereocenters. The van der Waals surface area contributed by atoms with Crippen molar-refractivity contribution in [2.45, 2.75) is 57.3 Å². The minimum atomic E-state index is -0.613. The molecule has 2 atom stereocenters. The van der Waals surface area contributed by atoms with E-state index < -0.39 is 6.10 Å². The molecule has 208 valence electrons. The summed E-state index contributed by atoms with van der Waals surface area (Å²) < 4.78 is 0. The summed E-state index contributed by atoms with van der Waals surface area (Å²) in [7, 11) is 1.42. The molecule has 2 saturated heterocycles. The molecule has 0 spiro atoms. The maximum Gasteiger partial charge on any atom is 0.272 e. The monoisotopic (exact) mass is 535 g/mol. The van der Waals surface area contributed by atoms with E-state index in [0.717, 1.165) is 38.8 Å². The third-order valence-electron chi connectivity index (χ3n) is 8.02. The van der Waals surface area contributed by atoms with Crippen molar-refractivity contribution in [2.75, 3.05) is 45.2 Å².